The molecule has 0 aliphatic rings. The van der Waals surface area contributed by atoms with Gasteiger partial charge in [-0.3, -0.25) is 0 Å². The predicted molar refractivity (Wildman–Crippen MR) is 80.7 cm³/mol. The van der Waals surface area contributed by atoms with E-state index in [4.69, 9.17) is 9.15 Å². The summed E-state index contributed by atoms with van der Waals surface area (Å²) in [7, 11) is 0. The second-order valence-corrected chi connectivity index (χ2v) is 5.54. The Hall–Kier alpha value is -1.42. The first-order chi connectivity index (χ1) is 9.06. The number of ether oxygens (including phenoxy) is 1. The Morgan fingerprint density at radius 2 is 2.11 bits per heavy atom. The van der Waals surface area contributed by atoms with Gasteiger partial charge in [-0.05, 0) is 66.5 Å². The minimum Gasteiger partial charge on any atom is -0.491 e. The lowest BCUT2D eigenvalue weighted by atomic mass is 10.2. The van der Waals surface area contributed by atoms with E-state index in [1.54, 1.807) is 6.26 Å². The zero-order valence-electron chi connectivity index (χ0n) is 11.4. The van der Waals surface area contributed by atoms with Gasteiger partial charge >= 0.3 is 0 Å². The highest BCUT2D eigenvalue weighted by atomic mass is 79.9. The Kier molecular flexibility index (Phi) is 4.53. The van der Waals surface area contributed by atoms with Gasteiger partial charge in [-0.1, -0.05) is 0 Å². The Morgan fingerprint density at radius 3 is 2.68 bits per heavy atom. The van der Waals surface area contributed by atoms with Crippen molar-refractivity contribution in [1.82, 2.24) is 0 Å². The molecule has 1 aromatic carbocycles. The van der Waals surface area contributed by atoms with Crippen molar-refractivity contribution in [3.8, 4) is 5.75 Å². The molecule has 0 spiro atoms. The molecule has 0 radical (unpaired) electrons. The van der Waals surface area contributed by atoms with Crippen LogP contribution in [0.2, 0.25) is 0 Å². The van der Waals surface area contributed by atoms with Crippen molar-refractivity contribution in [1.29, 1.82) is 0 Å². The Bertz CT molecular complexity index is 549. The van der Waals surface area contributed by atoms with Crippen LogP contribution < -0.4 is 10.1 Å². The molecule has 102 valence electrons. The maximum Gasteiger partial charge on any atom is 0.136 e. The van der Waals surface area contributed by atoms with Crippen molar-refractivity contribution in [2.45, 2.75) is 33.4 Å². The highest BCUT2D eigenvalue weighted by molar-refractivity contribution is 9.10. The summed E-state index contributed by atoms with van der Waals surface area (Å²) in [6.07, 6.45) is 1.87. The van der Waals surface area contributed by atoms with Gasteiger partial charge in [0, 0.05) is 5.69 Å². The molecule has 0 aliphatic carbocycles. The molecule has 0 bridgehead atoms. The second-order valence-electron chi connectivity index (χ2n) is 4.69. The highest BCUT2D eigenvalue weighted by Gasteiger charge is 2.06. The normalized spacial score (nSPS) is 10.8. The Labute approximate surface area is 122 Å². The number of hydrogen-bond donors (Lipinski definition) is 1. The molecule has 0 unspecified atom stereocenters. The van der Waals surface area contributed by atoms with E-state index in [1.807, 2.05) is 38.1 Å². The van der Waals surface area contributed by atoms with Crippen molar-refractivity contribution in [2.24, 2.45) is 0 Å². The Morgan fingerprint density at radius 1 is 1.32 bits per heavy atom. The molecule has 1 heterocycles. The van der Waals surface area contributed by atoms with Crippen LogP contribution in [0.1, 0.15) is 25.2 Å². The van der Waals surface area contributed by atoms with E-state index >= 15 is 0 Å². The molecular weight excluding hydrogens is 306 g/mol. The average Bonchev–Trinajstić information content (AvgIpc) is 2.73. The topological polar surface area (TPSA) is 34.4 Å². The fraction of sp³-hybridized carbons (Fsp3) is 0.333. The van der Waals surface area contributed by atoms with Crippen LogP contribution in [0.3, 0.4) is 0 Å². The van der Waals surface area contributed by atoms with Gasteiger partial charge in [-0.15, -0.1) is 0 Å². The van der Waals surface area contributed by atoms with Gasteiger partial charge in [0.15, 0.2) is 0 Å². The third-order valence-corrected chi connectivity index (χ3v) is 3.41. The van der Waals surface area contributed by atoms with Crippen LogP contribution in [0, 0.1) is 6.92 Å². The molecule has 0 fully saturated rings. The van der Waals surface area contributed by atoms with Crippen LogP contribution >= 0.6 is 15.9 Å². The summed E-state index contributed by atoms with van der Waals surface area (Å²) < 4.78 is 12.0. The maximum absolute atomic E-state index is 5.67. The fourth-order valence-electron chi connectivity index (χ4n) is 1.81. The largest absolute Gasteiger partial charge is 0.491 e. The Balaban J connectivity index is 2.03. The molecule has 0 aliphatic heterocycles. The van der Waals surface area contributed by atoms with E-state index in [0.717, 1.165) is 27.2 Å². The van der Waals surface area contributed by atoms with E-state index in [1.165, 1.54) is 0 Å². The predicted octanol–water partition coefficient (Wildman–Crippen LogP) is 4.75. The van der Waals surface area contributed by atoms with Gasteiger partial charge < -0.3 is 14.5 Å². The van der Waals surface area contributed by atoms with Crippen molar-refractivity contribution in [2.75, 3.05) is 5.32 Å². The molecule has 4 heteroatoms. The van der Waals surface area contributed by atoms with Gasteiger partial charge in [0.2, 0.25) is 0 Å². The first kappa shape index (κ1) is 14.0. The second kappa shape index (κ2) is 6.15. The molecular formula is C15H18BrNO2. The van der Waals surface area contributed by atoms with Gasteiger partial charge in [0.1, 0.15) is 11.5 Å². The van der Waals surface area contributed by atoms with Gasteiger partial charge in [-0.25, -0.2) is 0 Å². The van der Waals surface area contributed by atoms with Crippen molar-refractivity contribution in [3.05, 3.63) is 46.3 Å². The fourth-order valence-corrected chi connectivity index (χ4v) is 2.15. The van der Waals surface area contributed by atoms with Crippen LogP contribution in [0.4, 0.5) is 5.69 Å². The zero-order valence-corrected chi connectivity index (χ0v) is 13.0. The summed E-state index contributed by atoms with van der Waals surface area (Å²) >= 11 is 3.44. The standard InChI is InChI=1S/C15H18BrNO2/c1-10(2)19-12-4-5-14(11(3)8-12)17-9-15-13(16)6-7-18-15/h4-8,10,17H,9H2,1-3H3. The monoisotopic (exact) mass is 323 g/mol. The first-order valence-electron chi connectivity index (χ1n) is 6.29. The molecule has 0 saturated carbocycles. The summed E-state index contributed by atoms with van der Waals surface area (Å²) in [5.74, 6) is 1.79. The van der Waals surface area contributed by atoms with Crippen LogP contribution in [0.5, 0.6) is 5.75 Å². The van der Waals surface area contributed by atoms with Gasteiger partial charge in [0.25, 0.3) is 0 Å². The number of nitrogens with one attached hydrogen (secondary N) is 1. The number of benzene rings is 1. The van der Waals surface area contributed by atoms with Crippen molar-refractivity contribution in [3.63, 3.8) is 0 Å². The highest BCUT2D eigenvalue weighted by Crippen LogP contribution is 2.24. The van der Waals surface area contributed by atoms with Crippen molar-refractivity contribution < 1.29 is 9.15 Å². The number of anilines is 1. The lowest BCUT2D eigenvalue weighted by molar-refractivity contribution is 0.242. The SMILES string of the molecule is Cc1cc(OC(C)C)ccc1NCc1occc1Br. The number of rotatable bonds is 5. The smallest absolute Gasteiger partial charge is 0.136 e. The lowest BCUT2D eigenvalue weighted by Gasteiger charge is -2.13. The van der Waals surface area contributed by atoms with E-state index in [2.05, 4.69) is 28.2 Å². The molecule has 1 N–H and O–H groups in total. The van der Waals surface area contributed by atoms with Crippen LogP contribution in [-0.4, -0.2) is 6.10 Å². The van der Waals surface area contributed by atoms with Crippen LogP contribution in [-0.2, 0) is 6.54 Å². The summed E-state index contributed by atoms with van der Waals surface area (Å²) in [5.41, 5.74) is 2.24. The molecule has 0 saturated heterocycles. The third kappa shape index (κ3) is 3.77. The van der Waals surface area contributed by atoms with Crippen molar-refractivity contribution >= 4 is 21.6 Å². The minimum absolute atomic E-state index is 0.192. The van der Waals surface area contributed by atoms with E-state index in [9.17, 15) is 0 Å². The first-order valence-corrected chi connectivity index (χ1v) is 7.08. The third-order valence-electron chi connectivity index (χ3n) is 2.70. The molecule has 19 heavy (non-hydrogen) atoms. The van der Waals surface area contributed by atoms with Crippen LogP contribution in [0.15, 0.2) is 39.4 Å². The molecule has 0 atom stereocenters. The minimum atomic E-state index is 0.192. The van der Waals surface area contributed by atoms with E-state index in [0.29, 0.717) is 6.54 Å². The van der Waals surface area contributed by atoms with E-state index < -0.39 is 0 Å². The molecule has 2 aromatic rings. The molecule has 1 aromatic heterocycles. The lowest BCUT2D eigenvalue weighted by Crippen LogP contribution is -2.06. The number of furan rings is 1. The quantitative estimate of drug-likeness (QED) is 0.862. The number of halogens is 1. The van der Waals surface area contributed by atoms with Gasteiger partial charge in [0.05, 0.1) is 23.4 Å². The van der Waals surface area contributed by atoms with Gasteiger partial charge in [-0.2, -0.15) is 0 Å². The number of hydrogen-bond acceptors (Lipinski definition) is 3. The average molecular weight is 324 g/mol. The van der Waals surface area contributed by atoms with Crippen LogP contribution in [0.25, 0.3) is 0 Å². The maximum atomic E-state index is 5.67. The number of aryl methyl sites for hydroxylation is 1. The molecule has 0 amide bonds. The summed E-state index contributed by atoms with van der Waals surface area (Å²) in [6, 6.07) is 7.94. The van der Waals surface area contributed by atoms with E-state index in [-0.39, 0.29) is 6.10 Å². The zero-order chi connectivity index (χ0) is 13.8. The molecule has 3 nitrogen and oxygen atoms in total. The summed E-state index contributed by atoms with van der Waals surface area (Å²) in [5, 5.41) is 3.36. The summed E-state index contributed by atoms with van der Waals surface area (Å²) in [6.45, 7) is 6.76. The summed E-state index contributed by atoms with van der Waals surface area (Å²) in [4.78, 5) is 0. The molecule has 2 rings (SSSR count).